The van der Waals surface area contributed by atoms with Crippen LogP contribution in [0.1, 0.15) is 19.3 Å². The number of hydrogen-bond donors (Lipinski definition) is 1. The van der Waals surface area contributed by atoms with Gasteiger partial charge in [-0.1, -0.05) is 0 Å². The molecule has 1 saturated heterocycles. The van der Waals surface area contributed by atoms with Crippen LogP contribution >= 0.6 is 24.0 Å². The van der Waals surface area contributed by atoms with Crippen molar-refractivity contribution in [1.29, 1.82) is 0 Å². The van der Waals surface area contributed by atoms with Gasteiger partial charge in [0, 0.05) is 25.0 Å². The first-order valence-electron chi connectivity index (χ1n) is 4.85. The summed E-state index contributed by atoms with van der Waals surface area (Å²) in [6, 6.07) is 0.162. The maximum atomic E-state index is 11.7. The van der Waals surface area contributed by atoms with Crippen molar-refractivity contribution in [3.05, 3.63) is 0 Å². The third-order valence-electron chi connectivity index (χ3n) is 2.43. The molecule has 92 valence electrons. The summed E-state index contributed by atoms with van der Waals surface area (Å²) < 4.78 is 24.9. The molecule has 1 aliphatic rings. The van der Waals surface area contributed by atoms with Gasteiger partial charge in [-0.2, -0.15) is 0 Å². The molecule has 0 aliphatic carbocycles. The first-order valence-corrected chi connectivity index (χ1v) is 7.00. The number of piperidine rings is 1. The van der Waals surface area contributed by atoms with Gasteiger partial charge in [-0.15, -0.1) is 24.0 Å². The summed E-state index contributed by atoms with van der Waals surface area (Å²) in [4.78, 5) is 0. The fourth-order valence-electron chi connectivity index (χ4n) is 1.52. The zero-order valence-corrected chi connectivity index (χ0v) is 11.0. The lowest BCUT2D eigenvalue weighted by atomic mass is 10.1. The second-order valence-corrected chi connectivity index (χ2v) is 6.06. The van der Waals surface area contributed by atoms with E-state index in [4.69, 9.17) is 17.3 Å². The van der Waals surface area contributed by atoms with E-state index in [-0.39, 0.29) is 24.2 Å². The van der Waals surface area contributed by atoms with E-state index in [0.29, 0.717) is 25.4 Å². The lowest BCUT2D eigenvalue weighted by Crippen LogP contribution is -2.43. The number of nitrogens with two attached hydrogens (primary N) is 1. The molecule has 0 unspecified atom stereocenters. The van der Waals surface area contributed by atoms with E-state index in [2.05, 4.69) is 0 Å². The molecule has 1 fully saturated rings. The van der Waals surface area contributed by atoms with Crippen LogP contribution in [0.15, 0.2) is 0 Å². The monoisotopic (exact) mass is 276 g/mol. The average Bonchev–Trinajstić information content (AvgIpc) is 2.16. The van der Waals surface area contributed by atoms with Gasteiger partial charge in [-0.3, -0.25) is 0 Å². The number of alkyl halides is 1. The van der Waals surface area contributed by atoms with E-state index in [1.807, 2.05) is 0 Å². The zero-order valence-electron chi connectivity index (χ0n) is 8.56. The van der Waals surface area contributed by atoms with Crippen molar-refractivity contribution in [2.24, 2.45) is 5.73 Å². The topological polar surface area (TPSA) is 63.4 Å². The van der Waals surface area contributed by atoms with Crippen LogP contribution in [0.3, 0.4) is 0 Å². The van der Waals surface area contributed by atoms with Gasteiger partial charge in [0.25, 0.3) is 0 Å². The smallest absolute Gasteiger partial charge is 0.214 e. The minimum absolute atomic E-state index is 0. The minimum atomic E-state index is -3.08. The summed E-state index contributed by atoms with van der Waals surface area (Å²) in [7, 11) is -3.08. The molecule has 0 aromatic rings. The van der Waals surface area contributed by atoms with Gasteiger partial charge in [0.15, 0.2) is 0 Å². The maximum Gasteiger partial charge on any atom is 0.214 e. The van der Waals surface area contributed by atoms with Crippen molar-refractivity contribution in [3.63, 3.8) is 0 Å². The van der Waals surface area contributed by atoms with Gasteiger partial charge >= 0.3 is 0 Å². The van der Waals surface area contributed by atoms with Crippen LogP contribution < -0.4 is 5.73 Å². The zero-order chi connectivity index (χ0) is 10.6. The van der Waals surface area contributed by atoms with Crippen molar-refractivity contribution in [3.8, 4) is 0 Å². The van der Waals surface area contributed by atoms with Gasteiger partial charge in [-0.05, 0) is 19.3 Å². The Kier molecular flexibility index (Phi) is 7.12. The maximum absolute atomic E-state index is 11.7. The quantitative estimate of drug-likeness (QED) is 0.773. The molecular formula is C8H18Cl2N2O2S. The van der Waals surface area contributed by atoms with E-state index in [9.17, 15) is 8.42 Å². The number of rotatable bonds is 4. The number of nitrogens with zero attached hydrogens (tertiary/aromatic N) is 1. The van der Waals surface area contributed by atoms with E-state index < -0.39 is 10.0 Å². The predicted octanol–water partition coefficient (Wildman–Crippen LogP) is 0.790. The Morgan fingerprint density at radius 3 is 2.33 bits per heavy atom. The Bertz CT molecular complexity index is 264. The van der Waals surface area contributed by atoms with E-state index in [1.54, 1.807) is 0 Å². The summed E-state index contributed by atoms with van der Waals surface area (Å²) in [5.74, 6) is 0.554. The van der Waals surface area contributed by atoms with E-state index in [1.165, 1.54) is 4.31 Å². The molecule has 4 nitrogen and oxygen atoms in total. The lowest BCUT2D eigenvalue weighted by molar-refractivity contribution is 0.320. The molecule has 0 bridgehead atoms. The SMILES string of the molecule is Cl.NC1CCN(S(=O)(=O)CCCCl)CC1. The highest BCUT2D eigenvalue weighted by atomic mass is 35.5. The van der Waals surface area contributed by atoms with Crippen molar-refractivity contribution in [2.75, 3.05) is 24.7 Å². The molecule has 0 atom stereocenters. The standard InChI is InChI=1S/C8H17ClN2O2S.ClH/c9-4-1-7-14(12,13)11-5-2-8(10)3-6-11;/h8H,1-7,10H2;1H. The largest absolute Gasteiger partial charge is 0.328 e. The molecule has 2 N–H and O–H groups in total. The van der Waals surface area contributed by atoms with Crippen LogP contribution in [0.4, 0.5) is 0 Å². The summed E-state index contributed by atoms with van der Waals surface area (Å²) in [5, 5.41) is 0. The van der Waals surface area contributed by atoms with Crippen LogP contribution in [0.25, 0.3) is 0 Å². The highest BCUT2D eigenvalue weighted by Crippen LogP contribution is 2.13. The van der Waals surface area contributed by atoms with Gasteiger partial charge < -0.3 is 5.73 Å². The number of hydrogen-bond acceptors (Lipinski definition) is 3. The van der Waals surface area contributed by atoms with E-state index in [0.717, 1.165) is 12.8 Å². The molecule has 0 aromatic heterocycles. The second-order valence-electron chi connectivity index (χ2n) is 3.60. The Hall–Kier alpha value is 0.450. The molecule has 15 heavy (non-hydrogen) atoms. The first-order chi connectivity index (χ1) is 6.56. The highest BCUT2D eigenvalue weighted by Gasteiger charge is 2.25. The molecule has 0 spiro atoms. The van der Waals surface area contributed by atoms with Crippen molar-refractivity contribution in [2.45, 2.75) is 25.3 Å². The van der Waals surface area contributed by atoms with Crippen molar-refractivity contribution < 1.29 is 8.42 Å². The molecule has 1 heterocycles. The Morgan fingerprint density at radius 1 is 1.33 bits per heavy atom. The molecule has 0 aromatic carbocycles. The summed E-state index contributed by atoms with van der Waals surface area (Å²) in [5.41, 5.74) is 5.70. The highest BCUT2D eigenvalue weighted by molar-refractivity contribution is 7.89. The number of sulfonamides is 1. The number of halogens is 2. The Balaban J connectivity index is 0.00000196. The molecular weight excluding hydrogens is 259 g/mol. The molecule has 1 aliphatic heterocycles. The first kappa shape index (κ1) is 15.4. The summed E-state index contributed by atoms with van der Waals surface area (Å²) in [6.07, 6.45) is 2.05. The second kappa shape index (κ2) is 6.91. The average molecular weight is 277 g/mol. The molecule has 0 saturated carbocycles. The minimum Gasteiger partial charge on any atom is -0.328 e. The van der Waals surface area contributed by atoms with Gasteiger partial charge in [0.1, 0.15) is 0 Å². The van der Waals surface area contributed by atoms with E-state index >= 15 is 0 Å². The predicted molar refractivity (Wildman–Crippen MR) is 65.2 cm³/mol. The Labute approximate surface area is 103 Å². The third-order valence-corrected chi connectivity index (χ3v) is 4.65. The molecule has 0 radical (unpaired) electrons. The van der Waals surface area contributed by atoms with Crippen LogP contribution in [0.2, 0.25) is 0 Å². The summed E-state index contributed by atoms with van der Waals surface area (Å²) in [6.45, 7) is 1.12. The van der Waals surface area contributed by atoms with Gasteiger partial charge in [0.2, 0.25) is 10.0 Å². The normalized spacial score (nSPS) is 19.9. The molecule has 0 amide bonds. The fourth-order valence-corrected chi connectivity index (χ4v) is 3.35. The molecule has 7 heteroatoms. The van der Waals surface area contributed by atoms with Crippen LogP contribution in [0, 0.1) is 0 Å². The third kappa shape index (κ3) is 4.87. The van der Waals surface area contributed by atoms with Crippen LogP contribution in [-0.2, 0) is 10.0 Å². The lowest BCUT2D eigenvalue weighted by Gasteiger charge is -2.29. The molecule has 1 rings (SSSR count). The van der Waals surface area contributed by atoms with Crippen LogP contribution in [-0.4, -0.2) is 43.5 Å². The van der Waals surface area contributed by atoms with Gasteiger partial charge in [0.05, 0.1) is 5.75 Å². The fraction of sp³-hybridized carbons (Fsp3) is 1.00. The van der Waals surface area contributed by atoms with Crippen molar-refractivity contribution >= 4 is 34.0 Å². The van der Waals surface area contributed by atoms with Crippen molar-refractivity contribution in [1.82, 2.24) is 4.31 Å². The Morgan fingerprint density at radius 2 is 1.87 bits per heavy atom. The van der Waals surface area contributed by atoms with Crippen LogP contribution in [0.5, 0.6) is 0 Å². The van der Waals surface area contributed by atoms with Gasteiger partial charge in [-0.25, -0.2) is 12.7 Å². The summed E-state index contributed by atoms with van der Waals surface area (Å²) >= 11 is 5.47.